The number of methoxy groups -OCH3 is 1. The summed E-state index contributed by atoms with van der Waals surface area (Å²) < 4.78 is 10.1. The minimum Gasteiger partial charge on any atom is -0.497 e. The van der Waals surface area contributed by atoms with Crippen LogP contribution < -0.4 is 4.74 Å². The lowest BCUT2D eigenvalue weighted by Crippen LogP contribution is -2.49. The summed E-state index contributed by atoms with van der Waals surface area (Å²) in [7, 11) is 1.63. The molecule has 0 unspecified atom stereocenters. The van der Waals surface area contributed by atoms with E-state index in [1.165, 1.54) is 18.4 Å². The summed E-state index contributed by atoms with van der Waals surface area (Å²) in [5.41, 5.74) is 1.93. The number of carbonyl (C=O) groups excluding carboxylic acids is 1. The molecule has 1 aromatic heterocycles. The van der Waals surface area contributed by atoms with Crippen molar-refractivity contribution < 1.29 is 9.53 Å². The first-order valence-electron chi connectivity index (χ1n) is 11.5. The largest absolute Gasteiger partial charge is 0.497 e. The van der Waals surface area contributed by atoms with Crippen molar-refractivity contribution in [2.24, 2.45) is 0 Å². The maximum Gasteiger partial charge on any atom is 0.253 e. The number of aromatic nitrogens is 3. The van der Waals surface area contributed by atoms with Crippen molar-refractivity contribution >= 4 is 18.1 Å². The van der Waals surface area contributed by atoms with Crippen molar-refractivity contribution in [2.45, 2.75) is 32.0 Å². The van der Waals surface area contributed by atoms with Gasteiger partial charge in [-0.3, -0.25) is 14.3 Å². The Hall–Kier alpha value is -2.97. The number of carbonyl (C=O) groups is 1. The Balaban J connectivity index is 1.24. The minimum absolute atomic E-state index is 0.0667. The highest BCUT2D eigenvalue weighted by Crippen LogP contribution is 2.39. The van der Waals surface area contributed by atoms with Crippen LogP contribution in [0.15, 0.2) is 54.6 Å². The lowest BCUT2D eigenvalue weighted by molar-refractivity contribution is 0.0585. The molecule has 0 radical (unpaired) electrons. The van der Waals surface area contributed by atoms with E-state index in [4.69, 9.17) is 22.1 Å². The third-order valence-corrected chi connectivity index (χ3v) is 6.84. The summed E-state index contributed by atoms with van der Waals surface area (Å²) >= 11 is 5.84. The number of nitrogens with zero attached hydrogens (tertiary/aromatic N) is 5. The molecule has 3 aromatic rings. The van der Waals surface area contributed by atoms with Gasteiger partial charge in [-0.1, -0.05) is 30.3 Å². The molecular weight excluding hydrogens is 434 g/mol. The smallest absolute Gasteiger partial charge is 0.253 e. The molecule has 0 bridgehead atoms. The van der Waals surface area contributed by atoms with Gasteiger partial charge >= 0.3 is 0 Å². The SMILES string of the molecule is COc1ccc(C(=O)N2CCN(Cn3nc(C4CC4)n(Cc4ccccc4)c3=S)CC2)cc1. The number of ether oxygens (including phenoxy) is 1. The van der Waals surface area contributed by atoms with E-state index in [-0.39, 0.29) is 5.91 Å². The van der Waals surface area contributed by atoms with Gasteiger partial charge in [-0.05, 0) is 54.9 Å². The summed E-state index contributed by atoms with van der Waals surface area (Å²) in [6.07, 6.45) is 2.37. The van der Waals surface area contributed by atoms with Gasteiger partial charge in [0.1, 0.15) is 11.6 Å². The van der Waals surface area contributed by atoms with Gasteiger partial charge in [0.05, 0.1) is 20.3 Å². The molecule has 5 rings (SSSR count). The Morgan fingerprint density at radius 2 is 1.73 bits per heavy atom. The molecule has 7 nitrogen and oxygen atoms in total. The van der Waals surface area contributed by atoms with E-state index in [2.05, 4.69) is 33.7 Å². The zero-order valence-electron chi connectivity index (χ0n) is 18.9. The average molecular weight is 464 g/mol. The van der Waals surface area contributed by atoms with Gasteiger partial charge in [0, 0.05) is 37.7 Å². The molecule has 0 atom stereocenters. The number of hydrogen-bond donors (Lipinski definition) is 0. The van der Waals surface area contributed by atoms with Gasteiger partial charge in [-0.2, -0.15) is 5.10 Å². The van der Waals surface area contributed by atoms with Crippen molar-refractivity contribution in [1.82, 2.24) is 24.1 Å². The lowest BCUT2D eigenvalue weighted by atomic mass is 10.1. The molecule has 8 heteroatoms. The Labute approximate surface area is 199 Å². The third-order valence-electron chi connectivity index (χ3n) is 6.41. The van der Waals surface area contributed by atoms with Crippen LogP contribution in [0.4, 0.5) is 0 Å². The molecule has 2 heterocycles. The summed E-state index contributed by atoms with van der Waals surface area (Å²) in [5, 5.41) is 4.92. The number of rotatable bonds is 7. The van der Waals surface area contributed by atoms with Gasteiger partial charge in [-0.15, -0.1) is 0 Å². The summed E-state index contributed by atoms with van der Waals surface area (Å²) in [6, 6.07) is 17.7. The van der Waals surface area contributed by atoms with Crippen LogP contribution in [0.3, 0.4) is 0 Å². The van der Waals surface area contributed by atoms with Crippen LogP contribution in [0.5, 0.6) is 5.75 Å². The van der Waals surface area contributed by atoms with Crippen LogP contribution in [0.25, 0.3) is 0 Å². The van der Waals surface area contributed by atoms with Crippen molar-refractivity contribution in [2.75, 3.05) is 33.3 Å². The summed E-state index contributed by atoms with van der Waals surface area (Å²) in [5.74, 6) is 2.45. The maximum absolute atomic E-state index is 12.9. The second kappa shape index (κ2) is 9.49. The number of hydrogen-bond acceptors (Lipinski definition) is 5. The molecule has 0 N–H and O–H groups in total. The maximum atomic E-state index is 12.9. The van der Waals surface area contributed by atoms with Crippen molar-refractivity contribution in [3.8, 4) is 5.75 Å². The fourth-order valence-electron chi connectivity index (χ4n) is 4.31. The highest BCUT2D eigenvalue weighted by atomic mass is 32.1. The normalized spacial score (nSPS) is 16.7. The molecule has 1 aliphatic carbocycles. The lowest BCUT2D eigenvalue weighted by Gasteiger charge is -2.34. The second-order valence-electron chi connectivity index (χ2n) is 8.77. The fourth-order valence-corrected chi connectivity index (χ4v) is 4.56. The quantitative estimate of drug-likeness (QED) is 0.500. The van der Waals surface area contributed by atoms with E-state index in [0.717, 1.165) is 36.0 Å². The van der Waals surface area contributed by atoms with E-state index in [1.807, 2.05) is 39.9 Å². The molecule has 2 aliphatic rings. The first-order valence-corrected chi connectivity index (χ1v) is 11.9. The fraction of sp³-hybridized carbons (Fsp3) is 0.400. The molecule has 2 aromatic carbocycles. The molecule has 33 heavy (non-hydrogen) atoms. The molecule has 2 fully saturated rings. The van der Waals surface area contributed by atoms with Crippen LogP contribution in [-0.4, -0.2) is 63.3 Å². The van der Waals surface area contributed by atoms with E-state index < -0.39 is 0 Å². The zero-order chi connectivity index (χ0) is 22.8. The molecule has 172 valence electrons. The number of piperazine rings is 1. The summed E-state index contributed by atoms with van der Waals surface area (Å²) in [6.45, 7) is 4.40. The standard InChI is InChI=1S/C25H29N5O2S/c1-32-22-11-9-21(10-12-22)24(31)28-15-13-27(14-16-28)18-30-25(33)29(23(26-30)20-7-8-20)17-19-5-3-2-4-6-19/h2-6,9-12,20H,7-8,13-18H2,1H3. The van der Waals surface area contributed by atoms with E-state index in [1.54, 1.807) is 7.11 Å². The minimum atomic E-state index is 0.0667. The Morgan fingerprint density at radius 1 is 1.03 bits per heavy atom. The van der Waals surface area contributed by atoms with E-state index in [9.17, 15) is 4.79 Å². The molecule has 1 aliphatic heterocycles. The van der Waals surface area contributed by atoms with Gasteiger partial charge in [0.15, 0.2) is 4.77 Å². The van der Waals surface area contributed by atoms with Gasteiger partial charge in [0.2, 0.25) is 0 Å². The van der Waals surface area contributed by atoms with Crippen molar-refractivity contribution in [3.63, 3.8) is 0 Å². The first-order chi connectivity index (χ1) is 16.1. The zero-order valence-corrected chi connectivity index (χ0v) is 19.7. The number of benzene rings is 2. The topological polar surface area (TPSA) is 55.5 Å². The number of amides is 1. The highest BCUT2D eigenvalue weighted by Gasteiger charge is 2.31. The van der Waals surface area contributed by atoms with Gasteiger partial charge < -0.3 is 9.64 Å². The average Bonchev–Trinajstić information content (AvgIpc) is 3.67. The van der Waals surface area contributed by atoms with Crippen LogP contribution in [0, 0.1) is 4.77 Å². The highest BCUT2D eigenvalue weighted by molar-refractivity contribution is 7.71. The van der Waals surface area contributed by atoms with Crippen LogP contribution in [0.2, 0.25) is 0 Å². The Morgan fingerprint density at radius 3 is 2.36 bits per heavy atom. The van der Waals surface area contributed by atoms with Crippen LogP contribution >= 0.6 is 12.2 Å². The molecule has 1 saturated carbocycles. The Bertz CT molecular complexity index is 1160. The van der Waals surface area contributed by atoms with Gasteiger partial charge in [0.25, 0.3) is 5.91 Å². The van der Waals surface area contributed by atoms with E-state index >= 15 is 0 Å². The van der Waals surface area contributed by atoms with Gasteiger partial charge in [-0.25, -0.2) is 4.68 Å². The molecule has 1 amide bonds. The van der Waals surface area contributed by atoms with Crippen molar-refractivity contribution in [1.29, 1.82) is 0 Å². The summed E-state index contributed by atoms with van der Waals surface area (Å²) in [4.78, 5) is 17.1. The monoisotopic (exact) mass is 463 g/mol. The predicted molar refractivity (Wildman–Crippen MR) is 129 cm³/mol. The second-order valence-corrected chi connectivity index (χ2v) is 9.13. The molecule has 0 spiro atoms. The molecule has 1 saturated heterocycles. The van der Waals surface area contributed by atoms with E-state index in [0.29, 0.717) is 31.2 Å². The van der Waals surface area contributed by atoms with Crippen molar-refractivity contribution in [3.05, 3.63) is 76.3 Å². The molecular formula is C25H29N5O2S. The predicted octanol–water partition coefficient (Wildman–Crippen LogP) is 3.76. The Kier molecular flexibility index (Phi) is 6.28. The third kappa shape index (κ3) is 4.86. The van der Waals surface area contributed by atoms with Crippen LogP contribution in [-0.2, 0) is 13.2 Å². The van der Waals surface area contributed by atoms with Crippen LogP contribution in [0.1, 0.15) is 40.5 Å². The first kappa shape index (κ1) is 21.9.